The fourth-order valence-corrected chi connectivity index (χ4v) is 2.95. The topological polar surface area (TPSA) is 24.5 Å². The third-order valence-corrected chi connectivity index (χ3v) is 4.43. The molecule has 1 aliphatic rings. The van der Waals surface area contributed by atoms with Crippen molar-refractivity contribution in [3.8, 4) is 5.75 Å². The van der Waals surface area contributed by atoms with Gasteiger partial charge in [-0.3, -0.25) is 0 Å². The Labute approximate surface area is 133 Å². The molecule has 21 heavy (non-hydrogen) atoms. The van der Waals surface area contributed by atoms with Crippen molar-refractivity contribution in [1.29, 1.82) is 0 Å². The first kappa shape index (κ1) is 16.6. The predicted octanol–water partition coefficient (Wildman–Crippen LogP) is 3.28. The van der Waals surface area contributed by atoms with E-state index in [-0.39, 0.29) is 0 Å². The van der Waals surface area contributed by atoms with E-state index in [1.54, 1.807) is 0 Å². The Morgan fingerprint density at radius 1 is 1.24 bits per heavy atom. The van der Waals surface area contributed by atoms with Crippen LogP contribution in [0, 0.1) is 6.92 Å². The summed E-state index contributed by atoms with van der Waals surface area (Å²) in [6, 6.07) is 4.14. The van der Waals surface area contributed by atoms with Crippen molar-refractivity contribution in [2.24, 2.45) is 0 Å². The van der Waals surface area contributed by atoms with E-state index in [4.69, 9.17) is 16.3 Å². The molecule has 3 nitrogen and oxygen atoms in total. The molecule has 0 radical (unpaired) electrons. The molecule has 0 atom stereocenters. The minimum atomic E-state index is 0.703. The first-order chi connectivity index (χ1) is 10.2. The Morgan fingerprint density at radius 2 is 2.00 bits per heavy atom. The smallest absolute Gasteiger partial charge is 0.122 e. The Morgan fingerprint density at radius 3 is 2.71 bits per heavy atom. The molecule has 0 aliphatic carbocycles. The number of unbranched alkanes of at least 4 members (excludes halogenated alkanes) is 1. The summed E-state index contributed by atoms with van der Waals surface area (Å²) in [4.78, 5) is 2.54. The molecule has 0 amide bonds. The maximum absolute atomic E-state index is 6.25. The van der Waals surface area contributed by atoms with Crippen molar-refractivity contribution >= 4 is 11.6 Å². The van der Waals surface area contributed by atoms with Gasteiger partial charge in [-0.2, -0.15) is 0 Å². The molecule has 0 unspecified atom stereocenters. The normalized spacial score (nSPS) is 16.1. The van der Waals surface area contributed by atoms with Gasteiger partial charge in [-0.1, -0.05) is 11.6 Å². The summed E-state index contributed by atoms with van der Waals surface area (Å²) in [5.41, 5.74) is 2.33. The van der Waals surface area contributed by atoms with Gasteiger partial charge in [0.15, 0.2) is 0 Å². The van der Waals surface area contributed by atoms with Crippen molar-refractivity contribution < 1.29 is 4.74 Å². The van der Waals surface area contributed by atoms with Crippen LogP contribution in [0.5, 0.6) is 5.75 Å². The van der Waals surface area contributed by atoms with Gasteiger partial charge in [0.1, 0.15) is 5.75 Å². The zero-order valence-electron chi connectivity index (χ0n) is 13.3. The summed E-state index contributed by atoms with van der Waals surface area (Å²) in [5, 5.41) is 4.23. The number of halogens is 1. The molecular weight excluding hydrogens is 284 g/mol. The maximum Gasteiger partial charge on any atom is 0.122 e. The highest BCUT2D eigenvalue weighted by molar-refractivity contribution is 6.31. The Balaban J connectivity index is 1.82. The van der Waals surface area contributed by atoms with Crippen molar-refractivity contribution in [2.75, 3.05) is 39.3 Å². The number of nitrogens with one attached hydrogen (secondary N) is 1. The molecule has 1 saturated heterocycles. The van der Waals surface area contributed by atoms with E-state index < -0.39 is 0 Å². The van der Waals surface area contributed by atoms with Crippen LogP contribution in [0.4, 0.5) is 0 Å². The van der Waals surface area contributed by atoms with Gasteiger partial charge in [0.25, 0.3) is 0 Å². The lowest BCUT2D eigenvalue weighted by molar-refractivity contribution is 0.236. The third kappa shape index (κ3) is 5.17. The monoisotopic (exact) mass is 310 g/mol. The number of ether oxygens (including phenoxy) is 1. The molecule has 0 spiro atoms. The SMILES string of the molecule is CCOc1cc(C)c(Cl)cc1CCCCN1CCNCC1. The zero-order valence-corrected chi connectivity index (χ0v) is 14.0. The molecule has 0 bridgehead atoms. The standard InChI is InChI=1S/C17H27ClN2O/c1-3-21-17-12-14(2)16(18)13-15(17)6-4-5-9-20-10-7-19-8-11-20/h12-13,19H,3-11H2,1-2H3. The molecule has 0 saturated carbocycles. The van der Waals surface area contributed by atoms with E-state index in [9.17, 15) is 0 Å². The van der Waals surface area contributed by atoms with E-state index in [1.165, 1.54) is 38.0 Å². The van der Waals surface area contributed by atoms with Crippen LogP contribution < -0.4 is 10.1 Å². The van der Waals surface area contributed by atoms with Crippen LogP contribution in [0.15, 0.2) is 12.1 Å². The van der Waals surface area contributed by atoms with Crippen molar-refractivity contribution in [3.05, 3.63) is 28.3 Å². The minimum Gasteiger partial charge on any atom is -0.494 e. The minimum absolute atomic E-state index is 0.703. The van der Waals surface area contributed by atoms with E-state index in [2.05, 4.69) is 22.3 Å². The molecular formula is C17H27ClN2O. The molecule has 4 heteroatoms. The summed E-state index contributed by atoms with van der Waals surface area (Å²) in [6.07, 6.45) is 3.46. The lowest BCUT2D eigenvalue weighted by Crippen LogP contribution is -2.43. The second kappa shape index (κ2) is 8.62. The average Bonchev–Trinajstić information content (AvgIpc) is 2.49. The first-order valence-electron chi connectivity index (χ1n) is 8.05. The van der Waals surface area contributed by atoms with Crippen LogP contribution in [0.25, 0.3) is 0 Å². The fraction of sp³-hybridized carbons (Fsp3) is 0.647. The second-order valence-corrected chi connectivity index (χ2v) is 6.10. The van der Waals surface area contributed by atoms with Crippen molar-refractivity contribution in [3.63, 3.8) is 0 Å². The number of hydrogen-bond acceptors (Lipinski definition) is 3. The Hall–Kier alpha value is -0.770. The summed E-state index contributed by atoms with van der Waals surface area (Å²) in [5.74, 6) is 1.00. The summed E-state index contributed by atoms with van der Waals surface area (Å²) in [6.45, 7) is 10.6. The number of piperazine rings is 1. The average molecular weight is 311 g/mol. The van der Waals surface area contributed by atoms with Crippen LogP contribution >= 0.6 is 11.6 Å². The van der Waals surface area contributed by atoms with Gasteiger partial charge in [0.05, 0.1) is 6.61 Å². The zero-order chi connectivity index (χ0) is 15.1. The highest BCUT2D eigenvalue weighted by atomic mass is 35.5. The van der Waals surface area contributed by atoms with Crippen LogP contribution in [0.1, 0.15) is 30.9 Å². The molecule has 0 aromatic heterocycles. The Bertz CT molecular complexity index is 445. The van der Waals surface area contributed by atoms with Gasteiger partial charge in [-0.25, -0.2) is 0 Å². The molecule has 2 rings (SSSR count). The molecule has 1 aliphatic heterocycles. The second-order valence-electron chi connectivity index (χ2n) is 5.69. The van der Waals surface area contributed by atoms with Crippen LogP contribution in [-0.4, -0.2) is 44.2 Å². The number of hydrogen-bond donors (Lipinski definition) is 1. The van der Waals surface area contributed by atoms with Gasteiger partial charge in [0, 0.05) is 31.2 Å². The van der Waals surface area contributed by atoms with E-state index in [1.807, 2.05) is 13.8 Å². The first-order valence-corrected chi connectivity index (χ1v) is 8.43. The van der Waals surface area contributed by atoms with Gasteiger partial charge in [-0.05, 0) is 62.9 Å². The van der Waals surface area contributed by atoms with Gasteiger partial charge in [-0.15, -0.1) is 0 Å². The lowest BCUT2D eigenvalue weighted by atomic mass is 10.0. The predicted molar refractivity (Wildman–Crippen MR) is 89.6 cm³/mol. The molecule has 1 heterocycles. The Kier molecular flexibility index (Phi) is 6.81. The third-order valence-electron chi connectivity index (χ3n) is 4.02. The van der Waals surface area contributed by atoms with Gasteiger partial charge in [0.2, 0.25) is 0 Å². The number of nitrogens with zero attached hydrogens (tertiary/aromatic N) is 1. The van der Waals surface area contributed by atoms with Crippen LogP contribution in [0.3, 0.4) is 0 Å². The molecule has 1 aromatic carbocycles. The summed E-state index contributed by atoms with van der Waals surface area (Å²) >= 11 is 6.25. The van der Waals surface area contributed by atoms with E-state index in [0.29, 0.717) is 6.61 Å². The summed E-state index contributed by atoms with van der Waals surface area (Å²) < 4.78 is 5.74. The molecule has 1 N–H and O–H groups in total. The highest BCUT2D eigenvalue weighted by Crippen LogP contribution is 2.28. The number of aryl methyl sites for hydroxylation is 2. The van der Waals surface area contributed by atoms with Gasteiger partial charge >= 0.3 is 0 Å². The molecule has 1 fully saturated rings. The highest BCUT2D eigenvalue weighted by Gasteiger charge is 2.10. The fourth-order valence-electron chi connectivity index (χ4n) is 2.77. The van der Waals surface area contributed by atoms with E-state index >= 15 is 0 Å². The molecule has 118 valence electrons. The van der Waals surface area contributed by atoms with E-state index in [0.717, 1.165) is 35.8 Å². The summed E-state index contributed by atoms with van der Waals surface area (Å²) in [7, 11) is 0. The molecule has 1 aromatic rings. The van der Waals surface area contributed by atoms with Crippen LogP contribution in [0.2, 0.25) is 5.02 Å². The maximum atomic E-state index is 6.25. The van der Waals surface area contributed by atoms with Crippen molar-refractivity contribution in [2.45, 2.75) is 33.1 Å². The largest absolute Gasteiger partial charge is 0.494 e. The lowest BCUT2D eigenvalue weighted by Gasteiger charge is -2.27. The number of benzene rings is 1. The van der Waals surface area contributed by atoms with Gasteiger partial charge < -0.3 is 15.0 Å². The van der Waals surface area contributed by atoms with Crippen LogP contribution in [-0.2, 0) is 6.42 Å². The van der Waals surface area contributed by atoms with Crippen molar-refractivity contribution in [1.82, 2.24) is 10.2 Å². The number of rotatable bonds is 7. The quantitative estimate of drug-likeness (QED) is 0.782.